The fraction of sp³-hybridized carbons (Fsp3) is 0.500. The number of hydrogen-bond acceptors (Lipinski definition) is 4. The van der Waals surface area contributed by atoms with Crippen LogP contribution in [0, 0.1) is 0 Å². The van der Waals surface area contributed by atoms with Crippen molar-refractivity contribution in [3.63, 3.8) is 0 Å². The van der Waals surface area contributed by atoms with Crippen molar-refractivity contribution in [1.29, 1.82) is 0 Å². The molecule has 5 heteroatoms. The van der Waals surface area contributed by atoms with Gasteiger partial charge in [-0.2, -0.15) is 11.8 Å². The van der Waals surface area contributed by atoms with E-state index in [1.165, 1.54) is 5.56 Å². The van der Waals surface area contributed by atoms with Gasteiger partial charge in [-0.3, -0.25) is 0 Å². The third-order valence-electron chi connectivity index (χ3n) is 3.12. The van der Waals surface area contributed by atoms with E-state index in [1.807, 2.05) is 17.8 Å². The number of thioether (sulfide) groups is 1. The highest BCUT2D eigenvalue weighted by molar-refractivity contribution is 9.10. The van der Waals surface area contributed by atoms with E-state index in [0.29, 0.717) is 13.2 Å². The summed E-state index contributed by atoms with van der Waals surface area (Å²) in [5.41, 5.74) is 8.68. The van der Waals surface area contributed by atoms with E-state index in [2.05, 4.69) is 15.9 Å². The second-order valence-electron chi connectivity index (χ2n) is 4.22. The Kier molecular flexibility index (Phi) is 3.23. The lowest BCUT2D eigenvalue weighted by atomic mass is 9.98. The standard InChI is InChI=1S/C12H14BrNO2S/c13-8-5-10-12(16-3-2-15-10)11-7(8)6-17-4-1-9(11)14/h5,9H,1-4,6,14H2/t9-/m0/s1. The molecule has 0 spiro atoms. The molecule has 0 bridgehead atoms. The summed E-state index contributed by atoms with van der Waals surface area (Å²) >= 11 is 5.54. The van der Waals surface area contributed by atoms with Crippen molar-refractivity contribution in [2.24, 2.45) is 5.73 Å². The molecule has 0 radical (unpaired) electrons. The Morgan fingerprint density at radius 3 is 3.06 bits per heavy atom. The molecule has 17 heavy (non-hydrogen) atoms. The summed E-state index contributed by atoms with van der Waals surface area (Å²) in [5.74, 6) is 3.77. The molecule has 3 nitrogen and oxygen atoms in total. The van der Waals surface area contributed by atoms with Crippen LogP contribution in [0.4, 0.5) is 0 Å². The molecule has 1 atom stereocenters. The third-order valence-corrected chi connectivity index (χ3v) is 4.84. The Morgan fingerprint density at radius 1 is 1.35 bits per heavy atom. The van der Waals surface area contributed by atoms with Crippen molar-refractivity contribution < 1.29 is 9.47 Å². The van der Waals surface area contributed by atoms with Crippen LogP contribution in [-0.4, -0.2) is 19.0 Å². The molecule has 0 saturated carbocycles. The van der Waals surface area contributed by atoms with E-state index in [9.17, 15) is 0 Å². The second kappa shape index (κ2) is 4.71. The first kappa shape index (κ1) is 11.7. The molecule has 92 valence electrons. The fourth-order valence-corrected chi connectivity index (χ4v) is 4.11. The van der Waals surface area contributed by atoms with Gasteiger partial charge in [-0.05, 0) is 23.8 Å². The van der Waals surface area contributed by atoms with E-state index in [0.717, 1.165) is 39.5 Å². The number of nitrogens with two attached hydrogens (primary N) is 1. The van der Waals surface area contributed by atoms with Crippen LogP contribution in [0.1, 0.15) is 23.6 Å². The van der Waals surface area contributed by atoms with Gasteiger partial charge in [-0.25, -0.2) is 0 Å². The highest BCUT2D eigenvalue weighted by atomic mass is 79.9. The largest absolute Gasteiger partial charge is 0.486 e. The Balaban J connectivity index is 2.19. The Hall–Kier alpha value is -0.390. The van der Waals surface area contributed by atoms with Gasteiger partial charge in [-0.1, -0.05) is 15.9 Å². The normalized spacial score (nSPS) is 22.8. The average molecular weight is 316 g/mol. The number of ether oxygens (including phenoxy) is 2. The Bertz CT molecular complexity index is 453. The molecule has 3 rings (SSSR count). The van der Waals surface area contributed by atoms with E-state index in [4.69, 9.17) is 15.2 Å². The molecule has 0 aliphatic carbocycles. The molecule has 1 aromatic carbocycles. The smallest absolute Gasteiger partial charge is 0.166 e. The number of benzene rings is 1. The van der Waals surface area contributed by atoms with E-state index < -0.39 is 0 Å². The maximum Gasteiger partial charge on any atom is 0.166 e. The zero-order valence-electron chi connectivity index (χ0n) is 9.37. The van der Waals surface area contributed by atoms with Crippen molar-refractivity contribution >= 4 is 27.7 Å². The summed E-state index contributed by atoms with van der Waals surface area (Å²) < 4.78 is 12.5. The average Bonchev–Trinajstić information content (AvgIpc) is 2.52. The van der Waals surface area contributed by atoms with Crippen LogP contribution in [-0.2, 0) is 5.75 Å². The lowest BCUT2D eigenvalue weighted by molar-refractivity contribution is 0.169. The zero-order chi connectivity index (χ0) is 11.8. The number of rotatable bonds is 0. The molecule has 2 aliphatic heterocycles. The molecule has 2 heterocycles. The highest BCUT2D eigenvalue weighted by Crippen LogP contribution is 2.45. The number of fused-ring (bicyclic) bond motifs is 3. The molecule has 2 aliphatic rings. The van der Waals surface area contributed by atoms with Gasteiger partial charge in [-0.15, -0.1) is 0 Å². The van der Waals surface area contributed by atoms with Gasteiger partial charge in [0.25, 0.3) is 0 Å². The Labute approximate surface area is 113 Å². The van der Waals surface area contributed by atoms with E-state index in [1.54, 1.807) is 0 Å². The van der Waals surface area contributed by atoms with Crippen LogP contribution >= 0.6 is 27.7 Å². The van der Waals surface area contributed by atoms with Gasteiger partial charge in [0.1, 0.15) is 13.2 Å². The van der Waals surface area contributed by atoms with Crippen LogP contribution in [0.25, 0.3) is 0 Å². The van der Waals surface area contributed by atoms with Gasteiger partial charge < -0.3 is 15.2 Å². The summed E-state index contributed by atoms with van der Waals surface area (Å²) in [6.07, 6.45) is 0.990. The van der Waals surface area contributed by atoms with Crippen molar-refractivity contribution in [3.8, 4) is 11.5 Å². The summed E-state index contributed by atoms with van der Waals surface area (Å²) in [6, 6.07) is 2.05. The summed E-state index contributed by atoms with van der Waals surface area (Å²) in [6.45, 7) is 1.23. The summed E-state index contributed by atoms with van der Waals surface area (Å²) in [5, 5.41) is 0. The minimum Gasteiger partial charge on any atom is -0.486 e. The van der Waals surface area contributed by atoms with Gasteiger partial charge in [0.05, 0.1) is 0 Å². The van der Waals surface area contributed by atoms with Gasteiger partial charge in [0, 0.05) is 21.8 Å². The monoisotopic (exact) mass is 315 g/mol. The lowest BCUT2D eigenvalue weighted by Crippen LogP contribution is -2.20. The van der Waals surface area contributed by atoms with Crippen molar-refractivity contribution in [1.82, 2.24) is 0 Å². The zero-order valence-corrected chi connectivity index (χ0v) is 11.8. The molecule has 0 fully saturated rings. The molecule has 0 amide bonds. The molecule has 2 N–H and O–H groups in total. The molecule has 1 aromatic rings. The maximum absolute atomic E-state index is 6.27. The number of halogens is 1. The summed E-state index contributed by atoms with van der Waals surface area (Å²) in [4.78, 5) is 0. The maximum atomic E-state index is 6.27. The van der Waals surface area contributed by atoms with Crippen LogP contribution in [0.15, 0.2) is 10.5 Å². The first-order valence-corrected chi connectivity index (χ1v) is 7.66. The fourth-order valence-electron chi connectivity index (χ4n) is 2.29. The molecule has 0 aromatic heterocycles. The van der Waals surface area contributed by atoms with Crippen LogP contribution in [0.3, 0.4) is 0 Å². The van der Waals surface area contributed by atoms with Crippen LogP contribution in [0.2, 0.25) is 0 Å². The SMILES string of the molecule is N[C@H]1CCSCc2c(Br)cc3c(c21)OCCO3. The Morgan fingerprint density at radius 2 is 2.18 bits per heavy atom. The predicted octanol–water partition coefficient (Wildman–Crippen LogP) is 2.86. The van der Waals surface area contributed by atoms with E-state index in [-0.39, 0.29) is 6.04 Å². The predicted molar refractivity (Wildman–Crippen MR) is 72.8 cm³/mol. The van der Waals surface area contributed by atoms with Gasteiger partial charge >= 0.3 is 0 Å². The van der Waals surface area contributed by atoms with Gasteiger partial charge in [0.2, 0.25) is 0 Å². The molecular formula is C12H14BrNO2S. The summed E-state index contributed by atoms with van der Waals surface area (Å²) in [7, 11) is 0. The third kappa shape index (κ3) is 2.04. The quantitative estimate of drug-likeness (QED) is 0.799. The van der Waals surface area contributed by atoms with Crippen molar-refractivity contribution in [2.75, 3.05) is 19.0 Å². The van der Waals surface area contributed by atoms with Crippen LogP contribution < -0.4 is 15.2 Å². The minimum atomic E-state index is 0.0490. The topological polar surface area (TPSA) is 44.5 Å². The lowest BCUT2D eigenvalue weighted by Gasteiger charge is -2.25. The number of hydrogen-bond donors (Lipinski definition) is 1. The van der Waals surface area contributed by atoms with Crippen molar-refractivity contribution in [2.45, 2.75) is 18.2 Å². The molecular weight excluding hydrogens is 302 g/mol. The first-order chi connectivity index (χ1) is 8.27. The van der Waals surface area contributed by atoms with Crippen molar-refractivity contribution in [3.05, 3.63) is 21.7 Å². The first-order valence-electron chi connectivity index (χ1n) is 5.71. The second-order valence-corrected chi connectivity index (χ2v) is 6.18. The minimum absolute atomic E-state index is 0.0490. The molecule has 0 unspecified atom stereocenters. The van der Waals surface area contributed by atoms with Gasteiger partial charge in [0.15, 0.2) is 11.5 Å². The van der Waals surface area contributed by atoms with E-state index >= 15 is 0 Å². The highest BCUT2D eigenvalue weighted by Gasteiger charge is 2.27. The van der Waals surface area contributed by atoms with Crippen LogP contribution in [0.5, 0.6) is 11.5 Å². The molecule has 0 saturated heterocycles.